The van der Waals surface area contributed by atoms with Gasteiger partial charge in [0.25, 0.3) is 0 Å². The molecule has 1 aromatic carbocycles. The maximum Gasteiger partial charge on any atom is 0.111 e. The Labute approximate surface area is 131 Å². The summed E-state index contributed by atoms with van der Waals surface area (Å²) in [5.74, 6) is 0.594. The quantitative estimate of drug-likeness (QED) is 0.627. The van der Waals surface area contributed by atoms with Crippen LogP contribution in [0.2, 0.25) is 0 Å². The van der Waals surface area contributed by atoms with E-state index in [2.05, 4.69) is 26.0 Å². The lowest BCUT2D eigenvalue weighted by molar-refractivity contribution is -0.228. The summed E-state index contributed by atoms with van der Waals surface area (Å²) in [6.45, 7) is 3.94. The number of ether oxygens (including phenoxy) is 1. The standard InChI is InChI=1S/C17H26O5/c1-10(2)7-11-3-5-12(6-4-11)8-13-15(19)17(21)16(20)14(9-18)22-13/h3-6,10,13-21H,7-9H2,1-2H3. The molecule has 5 atom stereocenters. The smallest absolute Gasteiger partial charge is 0.111 e. The molecule has 0 aliphatic carbocycles. The summed E-state index contributed by atoms with van der Waals surface area (Å²) in [5.41, 5.74) is 2.24. The zero-order valence-electron chi connectivity index (χ0n) is 13.1. The van der Waals surface area contributed by atoms with Gasteiger partial charge < -0.3 is 25.2 Å². The van der Waals surface area contributed by atoms with E-state index in [4.69, 9.17) is 4.74 Å². The first kappa shape index (κ1) is 17.4. The van der Waals surface area contributed by atoms with E-state index in [0.717, 1.165) is 12.0 Å². The molecule has 22 heavy (non-hydrogen) atoms. The number of hydrogen-bond donors (Lipinski definition) is 4. The van der Waals surface area contributed by atoms with Gasteiger partial charge in [-0.3, -0.25) is 0 Å². The average Bonchev–Trinajstić information content (AvgIpc) is 2.49. The maximum atomic E-state index is 10.0. The number of aliphatic hydroxyl groups excluding tert-OH is 4. The normalized spacial score (nSPS) is 32.4. The molecule has 4 N–H and O–H groups in total. The van der Waals surface area contributed by atoms with E-state index in [1.807, 2.05) is 12.1 Å². The summed E-state index contributed by atoms with van der Waals surface area (Å²) >= 11 is 0. The highest BCUT2D eigenvalue weighted by Crippen LogP contribution is 2.24. The second-order valence-corrected chi connectivity index (χ2v) is 6.49. The molecule has 1 fully saturated rings. The molecular weight excluding hydrogens is 284 g/mol. The fourth-order valence-electron chi connectivity index (χ4n) is 2.86. The monoisotopic (exact) mass is 310 g/mol. The Hall–Kier alpha value is -0.980. The fraction of sp³-hybridized carbons (Fsp3) is 0.647. The molecule has 2 rings (SSSR count). The Morgan fingerprint density at radius 3 is 2.00 bits per heavy atom. The number of aliphatic hydroxyl groups is 4. The summed E-state index contributed by atoms with van der Waals surface area (Å²) in [6.07, 6.45) is -3.84. The summed E-state index contributed by atoms with van der Waals surface area (Å²) in [6, 6.07) is 8.08. The maximum absolute atomic E-state index is 10.0. The van der Waals surface area contributed by atoms with Gasteiger partial charge in [0.05, 0.1) is 12.7 Å². The van der Waals surface area contributed by atoms with Crippen molar-refractivity contribution in [1.29, 1.82) is 0 Å². The van der Waals surface area contributed by atoms with Gasteiger partial charge in [-0.2, -0.15) is 0 Å². The fourth-order valence-corrected chi connectivity index (χ4v) is 2.86. The number of rotatable bonds is 5. The van der Waals surface area contributed by atoms with Crippen LogP contribution in [0.1, 0.15) is 25.0 Å². The van der Waals surface area contributed by atoms with Crippen LogP contribution in [0.25, 0.3) is 0 Å². The molecule has 5 unspecified atom stereocenters. The summed E-state index contributed by atoms with van der Waals surface area (Å²) < 4.78 is 5.52. The van der Waals surface area contributed by atoms with Crippen molar-refractivity contribution in [2.45, 2.75) is 57.2 Å². The van der Waals surface area contributed by atoms with Crippen molar-refractivity contribution in [2.24, 2.45) is 5.92 Å². The molecule has 1 aliphatic rings. The van der Waals surface area contributed by atoms with Crippen molar-refractivity contribution in [3.8, 4) is 0 Å². The van der Waals surface area contributed by atoms with Gasteiger partial charge in [0.1, 0.15) is 24.4 Å². The van der Waals surface area contributed by atoms with E-state index in [1.165, 1.54) is 5.56 Å². The minimum absolute atomic E-state index is 0.394. The van der Waals surface area contributed by atoms with Crippen LogP contribution in [0.4, 0.5) is 0 Å². The topological polar surface area (TPSA) is 90.2 Å². The van der Waals surface area contributed by atoms with Gasteiger partial charge in [0.2, 0.25) is 0 Å². The highest BCUT2D eigenvalue weighted by molar-refractivity contribution is 5.24. The zero-order valence-corrected chi connectivity index (χ0v) is 13.1. The zero-order chi connectivity index (χ0) is 16.3. The molecule has 1 aliphatic heterocycles. The van der Waals surface area contributed by atoms with Crippen LogP contribution in [0.5, 0.6) is 0 Å². The first-order valence-corrected chi connectivity index (χ1v) is 7.80. The predicted octanol–water partition coefficient (Wildman–Crippen LogP) is 0.270. The molecule has 0 aromatic heterocycles. The van der Waals surface area contributed by atoms with E-state index < -0.39 is 37.1 Å². The van der Waals surface area contributed by atoms with Crippen LogP contribution in [-0.4, -0.2) is 57.6 Å². The van der Waals surface area contributed by atoms with Gasteiger partial charge >= 0.3 is 0 Å². The van der Waals surface area contributed by atoms with Gasteiger partial charge in [0.15, 0.2) is 0 Å². The lowest BCUT2D eigenvalue weighted by Gasteiger charge is -2.40. The van der Waals surface area contributed by atoms with Crippen molar-refractivity contribution in [3.63, 3.8) is 0 Å². The van der Waals surface area contributed by atoms with Crippen molar-refractivity contribution in [2.75, 3.05) is 6.61 Å². The molecule has 0 amide bonds. The largest absolute Gasteiger partial charge is 0.394 e. The van der Waals surface area contributed by atoms with E-state index >= 15 is 0 Å². The van der Waals surface area contributed by atoms with Gasteiger partial charge in [0, 0.05) is 6.42 Å². The Bertz CT molecular complexity index is 457. The van der Waals surface area contributed by atoms with Crippen LogP contribution in [0, 0.1) is 5.92 Å². The van der Waals surface area contributed by atoms with E-state index in [1.54, 1.807) is 0 Å². The van der Waals surface area contributed by atoms with E-state index in [9.17, 15) is 20.4 Å². The average molecular weight is 310 g/mol. The van der Waals surface area contributed by atoms with Crippen LogP contribution < -0.4 is 0 Å². The Balaban J connectivity index is 2.02. The second kappa shape index (κ2) is 7.53. The Morgan fingerprint density at radius 2 is 1.45 bits per heavy atom. The number of hydrogen-bond acceptors (Lipinski definition) is 5. The Kier molecular flexibility index (Phi) is 5.94. The Morgan fingerprint density at radius 1 is 0.909 bits per heavy atom. The minimum Gasteiger partial charge on any atom is -0.394 e. The first-order valence-electron chi connectivity index (χ1n) is 7.80. The lowest BCUT2D eigenvalue weighted by Crippen LogP contribution is -2.58. The van der Waals surface area contributed by atoms with E-state index in [-0.39, 0.29) is 0 Å². The van der Waals surface area contributed by atoms with Crippen LogP contribution >= 0.6 is 0 Å². The van der Waals surface area contributed by atoms with Gasteiger partial charge in [-0.15, -0.1) is 0 Å². The molecular formula is C17H26O5. The lowest BCUT2D eigenvalue weighted by atomic mass is 9.91. The number of benzene rings is 1. The predicted molar refractivity (Wildman–Crippen MR) is 82.5 cm³/mol. The molecule has 0 spiro atoms. The molecule has 5 nitrogen and oxygen atoms in total. The molecule has 5 heteroatoms. The highest BCUT2D eigenvalue weighted by atomic mass is 16.5. The SMILES string of the molecule is CC(C)Cc1ccc(CC2OC(CO)C(O)C(O)C2O)cc1. The van der Waals surface area contributed by atoms with Crippen molar-refractivity contribution >= 4 is 0 Å². The van der Waals surface area contributed by atoms with Crippen LogP contribution in [0.15, 0.2) is 24.3 Å². The molecule has 124 valence electrons. The van der Waals surface area contributed by atoms with Crippen LogP contribution in [-0.2, 0) is 17.6 Å². The molecule has 0 saturated carbocycles. The molecule has 0 radical (unpaired) electrons. The minimum atomic E-state index is -1.31. The molecule has 0 bridgehead atoms. The van der Waals surface area contributed by atoms with Crippen molar-refractivity contribution in [1.82, 2.24) is 0 Å². The van der Waals surface area contributed by atoms with Gasteiger partial charge in [-0.05, 0) is 23.5 Å². The van der Waals surface area contributed by atoms with Gasteiger partial charge in [-0.1, -0.05) is 38.1 Å². The molecule has 1 heterocycles. The van der Waals surface area contributed by atoms with Crippen molar-refractivity contribution < 1.29 is 25.2 Å². The highest BCUT2D eigenvalue weighted by Gasteiger charge is 2.43. The summed E-state index contributed by atoms with van der Waals surface area (Å²) in [4.78, 5) is 0. The molecule has 1 aromatic rings. The third-order valence-electron chi connectivity index (χ3n) is 4.09. The second-order valence-electron chi connectivity index (χ2n) is 6.49. The van der Waals surface area contributed by atoms with Crippen molar-refractivity contribution in [3.05, 3.63) is 35.4 Å². The molecule has 1 saturated heterocycles. The summed E-state index contributed by atoms with van der Waals surface area (Å²) in [7, 11) is 0. The first-order chi connectivity index (χ1) is 10.4. The summed E-state index contributed by atoms with van der Waals surface area (Å²) in [5, 5.41) is 38.8. The van der Waals surface area contributed by atoms with E-state index in [0.29, 0.717) is 12.3 Å². The van der Waals surface area contributed by atoms with Gasteiger partial charge in [-0.25, -0.2) is 0 Å². The van der Waals surface area contributed by atoms with Crippen LogP contribution in [0.3, 0.4) is 0 Å². The third-order valence-corrected chi connectivity index (χ3v) is 4.09. The third kappa shape index (κ3) is 4.06.